The number of methoxy groups -OCH3 is 1. The highest BCUT2D eigenvalue weighted by Crippen LogP contribution is 2.34. The highest BCUT2D eigenvalue weighted by molar-refractivity contribution is 7.52. The summed E-state index contributed by atoms with van der Waals surface area (Å²) in [5.74, 6) is -0.416. The van der Waals surface area contributed by atoms with Gasteiger partial charge in [0.25, 0.3) is 0 Å². The van der Waals surface area contributed by atoms with Crippen LogP contribution in [0.3, 0.4) is 0 Å². The zero-order valence-corrected chi connectivity index (χ0v) is 7.79. The van der Waals surface area contributed by atoms with E-state index in [1.54, 1.807) is 0 Å². The predicted molar refractivity (Wildman–Crippen MR) is 43.0 cm³/mol. The molecule has 0 spiro atoms. The first-order valence-electron chi connectivity index (χ1n) is 3.51. The number of ether oxygens (including phenoxy) is 1. The molecular formula is C6H13O5P. The molecule has 0 fully saturated rings. The standard InChI is InChI=1S/C6H13O5P/c1-11-4-2-3-6(7)5-12(8,9)10/h2-5H2,1H3,(H2,8,9,10). The maximum absolute atomic E-state index is 10.8. The quantitative estimate of drug-likeness (QED) is 0.467. The molecule has 0 radical (unpaired) electrons. The van der Waals surface area contributed by atoms with Gasteiger partial charge in [0.15, 0.2) is 0 Å². The Labute approximate surface area is 70.9 Å². The van der Waals surface area contributed by atoms with Crippen molar-refractivity contribution in [3.8, 4) is 0 Å². The first-order chi connectivity index (χ1) is 5.45. The lowest BCUT2D eigenvalue weighted by molar-refractivity contribution is -0.117. The van der Waals surface area contributed by atoms with Gasteiger partial charge in [-0.2, -0.15) is 0 Å². The minimum Gasteiger partial charge on any atom is -0.385 e. The van der Waals surface area contributed by atoms with E-state index in [0.29, 0.717) is 13.0 Å². The fourth-order valence-corrected chi connectivity index (χ4v) is 1.34. The van der Waals surface area contributed by atoms with Gasteiger partial charge < -0.3 is 14.5 Å². The van der Waals surface area contributed by atoms with Crippen LogP contribution >= 0.6 is 7.60 Å². The summed E-state index contributed by atoms with van der Waals surface area (Å²) in [4.78, 5) is 27.6. The van der Waals surface area contributed by atoms with E-state index in [2.05, 4.69) is 4.74 Å². The number of Topliss-reactive ketones (excluding diaryl/α,β-unsaturated/α-hetero) is 1. The Kier molecular flexibility index (Phi) is 5.33. The first-order valence-corrected chi connectivity index (χ1v) is 5.30. The molecule has 0 atom stereocenters. The number of ketones is 1. The van der Waals surface area contributed by atoms with Crippen LogP contribution in [-0.2, 0) is 14.1 Å². The van der Waals surface area contributed by atoms with Crippen LogP contribution in [-0.4, -0.2) is 35.4 Å². The van der Waals surface area contributed by atoms with E-state index >= 15 is 0 Å². The number of hydrogen-bond donors (Lipinski definition) is 2. The van der Waals surface area contributed by atoms with E-state index in [4.69, 9.17) is 9.79 Å². The molecule has 0 heterocycles. The number of rotatable bonds is 6. The van der Waals surface area contributed by atoms with E-state index in [-0.39, 0.29) is 6.42 Å². The Morgan fingerprint density at radius 2 is 2.08 bits per heavy atom. The lowest BCUT2D eigenvalue weighted by Crippen LogP contribution is -2.06. The van der Waals surface area contributed by atoms with Crippen LogP contribution in [0.4, 0.5) is 0 Å². The maximum atomic E-state index is 10.8. The van der Waals surface area contributed by atoms with Gasteiger partial charge in [-0.25, -0.2) is 0 Å². The van der Waals surface area contributed by atoms with Crippen LogP contribution in [0.15, 0.2) is 0 Å². The van der Waals surface area contributed by atoms with Crippen LogP contribution in [0.25, 0.3) is 0 Å². The summed E-state index contributed by atoms with van der Waals surface area (Å²) in [6.07, 6.45) is 0.0188. The fourth-order valence-electron chi connectivity index (χ4n) is 0.722. The Balaban J connectivity index is 3.54. The largest absolute Gasteiger partial charge is 0.385 e. The maximum Gasteiger partial charge on any atom is 0.332 e. The third-order valence-corrected chi connectivity index (χ3v) is 1.95. The molecule has 72 valence electrons. The summed E-state index contributed by atoms with van der Waals surface area (Å²) >= 11 is 0. The van der Waals surface area contributed by atoms with Crippen LogP contribution in [0.1, 0.15) is 12.8 Å². The van der Waals surface area contributed by atoms with E-state index < -0.39 is 19.5 Å². The molecule has 0 aromatic rings. The molecule has 0 aliphatic carbocycles. The highest BCUT2D eigenvalue weighted by Gasteiger charge is 2.17. The molecule has 0 saturated carbocycles. The monoisotopic (exact) mass is 196 g/mol. The molecule has 0 aromatic heterocycles. The Morgan fingerprint density at radius 1 is 1.50 bits per heavy atom. The summed E-state index contributed by atoms with van der Waals surface area (Å²) in [5.41, 5.74) is 0. The van der Waals surface area contributed by atoms with Gasteiger partial charge in [-0.1, -0.05) is 0 Å². The van der Waals surface area contributed by atoms with Gasteiger partial charge in [0.2, 0.25) is 0 Å². The summed E-state index contributed by atoms with van der Waals surface area (Å²) < 4.78 is 15.0. The molecule has 2 N–H and O–H groups in total. The van der Waals surface area contributed by atoms with Crippen molar-refractivity contribution in [1.82, 2.24) is 0 Å². The van der Waals surface area contributed by atoms with Gasteiger partial charge in [0.1, 0.15) is 11.9 Å². The zero-order valence-electron chi connectivity index (χ0n) is 6.89. The summed E-state index contributed by atoms with van der Waals surface area (Å²) in [6.45, 7) is 0.437. The number of carbonyl (C=O) groups excluding carboxylic acids is 1. The summed E-state index contributed by atoms with van der Waals surface area (Å²) in [6, 6.07) is 0. The second-order valence-electron chi connectivity index (χ2n) is 2.46. The van der Waals surface area contributed by atoms with Crippen molar-refractivity contribution in [2.24, 2.45) is 0 Å². The average Bonchev–Trinajstić information content (AvgIpc) is 1.84. The van der Waals surface area contributed by atoms with Gasteiger partial charge in [-0.05, 0) is 6.42 Å². The molecule has 0 aliphatic heterocycles. The zero-order chi connectivity index (χ0) is 9.61. The Hall–Kier alpha value is -0.220. The lowest BCUT2D eigenvalue weighted by Gasteiger charge is -2.02. The minimum absolute atomic E-state index is 0.166. The fraction of sp³-hybridized carbons (Fsp3) is 0.833. The molecule has 6 heteroatoms. The molecule has 0 unspecified atom stereocenters. The molecule has 0 aromatic carbocycles. The van der Waals surface area contributed by atoms with Crippen molar-refractivity contribution < 1.29 is 23.9 Å². The van der Waals surface area contributed by atoms with Gasteiger partial charge in [0, 0.05) is 20.1 Å². The molecule has 12 heavy (non-hydrogen) atoms. The second kappa shape index (κ2) is 5.43. The predicted octanol–water partition coefficient (Wildman–Crippen LogP) is 0.160. The number of hydrogen-bond acceptors (Lipinski definition) is 3. The highest BCUT2D eigenvalue weighted by atomic mass is 31.2. The Morgan fingerprint density at radius 3 is 2.50 bits per heavy atom. The summed E-state index contributed by atoms with van der Waals surface area (Å²) in [5, 5.41) is 0. The summed E-state index contributed by atoms with van der Waals surface area (Å²) in [7, 11) is -2.65. The molecule has 0 amide bonds. The molecule has 0 saturated heterocycles. The Bertz CT molecular complexity index is 184. The van der Waals surface area contributed by atoms with Crippen molar-refractivity contribution in [3.63, 3.8) is 0 Å². The SMILES string of the molecule is COCCCC(=O)CP(=O)(O)O. The number of carbonyl (C=O) groups is 1. The smallest absolute Gasteiger partial charge is 0.332 e. The normalized spacial score (nSPS) is 11.6. The third-order valence-electron chi connectivity index (χ3n) is 1.19. The molecule has 0 rings (SSSR count). The minimum atomic E-state index is -4.16. The van der Waals surface area contributed by atoms with E-state index in [1.165, 1.54) is 7.11 Å². The van der Waals surface area contributed by atoms with E-state index in [0.717, 1.165) is 0 Å². The van der Waals surface area contributed by atoms with Crippen LogP contribution < -0.4 is 0 Å². The molecular weight excluding hydrogens is 183 g/mol. The molecule has 5 nitrogen and oxygen atoms in total. The van der Waals surface area contributed by atoms with Crippen molar-refractivity contribution >= 4 is 13.4 Å². The van der Waals surface area contributed by atoms with E-state index in [1.807, 2.05) is 0 Å². The molecule has 0 aliphatic rings. The van der Waals surface area contributed by atoms with Gasteiger partial charge in [-0.15, -0.1) is 0 Å². The average molecular weight is 196 g/mol. The van der Waals surface area contributed by atoms with Crippen LogP contribution in [0.5, 0.6) is 0 Å². The van der Waals surface area contributed by atoms with Crippen LogP contribution in [0.2, 0.25) is 0 Å². The van der Waals surface area contributed by atoms with Gasteiger partial charge in [-0.3, -0.25) is 9.36 Å². The van der Waals surface area contributed by atoms with Crippen molar-refractivity contribution in [2.45, 2.75) is 12.8 Å². The van der Waals surface area contributed by atoms with E-state index in [9.17, 15) is 9.36 Å². The third kappa shape index (κ3) is 7.88. The lowest BCUT2D eigenvalue weighted by atomic mass is 10.2. The second-order valence-corrected chi connectivity index (χ2v) is 4.10. The van der Waals surface area contributed by atoms with Gasteiger partial charge >= 0.3 is 7.60 Å². The topological polar surface area (TPSA) is 83.8 Å². The first kappa shape index (κ1) is 11.8. The molecule has 0 bridgehead atoms. The van der Waals surface area contributed by atoms with Gasteiger partial charge in [0.05, 0.1) is 0 Å². The van der Waals surface area contributed by atoms with Crippen molar-refractivity contribution in [3.05, 3.63) is 0 Å². The van der Waals surface area contributed by atoms with Crippen LogP contribution in [0, 0.1) is 0 Å². The van der Waals surface area contributed by atoms with Crippen molar-refractivity contribution in [1.29, 1.82) is 0 Å². The van der Waals surface area contributed by atoms with Crippen molar-refractivity contribution in [2.75, 3.05) is 19.9 Å².